The average molecular weight is 285 g/mol. The van der Waals surface area contributed by atoms with E-state index in [0.717, 1.165) is 0 Å². The molecule has 1 radical (unpaired) electrons. The SMILES string of the molecule is [c]1scc(-c2ccccc2)c1-c1cccc2ccccc12. The van der Waals surface area contributed by atoms with Crippen LogP contribution in [0.2, 0.25) is 0 Å². The molecule has 99 valence electrons. The lowest BCUT2D eigenvalue weighted by Crippen LogP contribution is -1.82. The zero-order chi connectivity index (χ0) is 14.1. The summed E-state index contributed by atoms with van der Waals surface area (Å²) in [6.45, 7) is 0. The predicted molar refractivity (Wildman–Crippen MR) is 91.5 cm³/mol. The van der Waals surface area contributed by atoms with Crippen molar-refractivity contribution in [2.24, 2.45) is 0 Å². The molecule has 1 heteroatoms. The van der Waals surface area contributed by atoms with Crippen molar-refractivity contribution in [3.8, 4) is 22.3 Å². The first-order valence-corrected chi connectivity index (χ1v) is 7.84. The van der Waals surface area contributed by atoms with Crippen molar-refractivity contribution in [2.75, 3.05) is 0 Å². The van der Waals surface area contributed by atoms with Gasteiger partial charge in [0.05, 0.1) is 5.38 Å². The third-order valence-corrected chi connectivity index (χ3v) is 4.43. The summed E-state index contributed by atoms with van der Waals surface area (Å²) in [5, 5.41) is 8.20. The number of hydrogen-bond donors (Lipinski definition) is 0. The van der Waals surface area contributed by atoms with Gasteiger partial charge in [0, 0.05) is 11.1 Å². The van der Waals surface area contributed by atoms with Gasteiger partial charge in [0.1, 0.15) is 0 Å². The lowest BCUT2D eigenvalue weighted by molar-refractivity contribution is 1.65. The molecule has 0 unspecified atom stereocenters. The van der Waals surface area contributed by atoms with Gasteiger partial charge in [0.15, 0.2) is 0 Å². The minimum atomic E-state index is 1.20. The lowest BCUT2D eigenvalue weighted by atomic mass is 9.95. The number of rotatable bonds is 2. The summed E-state index contributed by atoms with van der Waals surface area (Å²) >= 11 is 1.64. The Morgan fingerprint density at radius 2 is 1.43 bits per heavy atom. The van der Waals surface area contributed by atoms with E-state index in [-0.39, 0.29) is 0 Å². The molecule has 0 atom stereocenters. The van der Waals surface area contributed by atoms with E-state index in [4.69, 9.17) is 0 Å². The van der Waals surface area contributed by atoms with Gasteiger partial charge >= 0.3 is 0 Å². The standard InChI is InChI=1S/C20H13S/c1-2-7-16(8-3-1)19-13-21-14-20(19)18-12-6-10-15-9-4-5-11-17(15)18/h1-13H. The molecule has 3 aromatic carbocycles. The van der Waals surface area contributed by atoms with Gasteiger partial charge in [-0.3, -0.25) is 0 Å². The van der Waals surface area contributed by atoms with E-state index in [9.17, 15) is 0 Å². The maximum Gasteiger partial charge on any atom is 0.0534 e. The molecule has 0 aliphatic heterocycles. The summed E-state index contributed by atoms with van der Waals surface area (Å²) in [5.41, 5.74) is 4.96. The Kier molecular flexibility index (Phi) is 3.06. The fraction of sp³-hybridized carbons (Fsp3) is 0. The summed E-state index contributed by atoms with van der Waals surface area (Å²) in [6, 6.07) is 25.5. The second kappa shape index (κ2) is 5.19. The highest BCUT2D eigenvalue weighted by atomic mass is 32.1. The number of thiophene rings is 1. The molecule has 4 aromatic rings. The first-order chi connectivity index (χ1) is 10.4. The van der Waals surface area contributed by atoms with Crippen LogP contribution in [-0.2, 0) is 0 Å². The zero-order valence-electron chi connectivity index (χ0n) is 11.4. The van der Waals surface area contributed by atoms with Gasteiger partial charge in [-0.15, -0.1) is 11.3 Å². The molecular formula is C20H13S. The van der Waals surface area contributed by atoms with Crippen molar-refractivity contribution in [1.82, 2.24) is 0 Å². The second-order valence-corrected chi connectivity index (χ2v) is 5.69. The highest BCUT2D eigenvalue weighted by Crippen LogP contribution is 2.37. The predicted octanol–water partition coefficient (Wildman–Crippen LogP) is 6.04. The van der Waals surface area contributed by atoms with Gasteiger partial charge in [0.2, 0.25) is 0 Å². The first kappa shape index (κ1) is 12.4. The highest BCUT2D eigenvalue weighted by molar-refractivity contribution is 7.08. The van der Waals surface area contributed by atoms with E-state index in [1.807, 2.05) is 0 Å². The quantitative estimate of drug-likeness (QED) is 0.421. The van der Waals surface area contributed by atoms with Crippen LogP contribution in [0.25, 0.3) is 33.0 Å². The number of benzene rings is 3. The molecule has 0 aliphatic rings. The van der Waals surface area contributed by atoms with Gasteiger partial charge in [-0.25, -0.2) is 0 Å². The fourth-order valence-electron chi connectivity index (χ4n) is 2.73. The zero-order valence-corrected chi connectivity index (χ0v) is 12.2. The molecule has 0 nitrogen and oxygen atoms in total. The fourth-order valence-corrected chi connectivity index (χ4v) is 3.50. The molecule has 0 amide bonds. The van der Waals surface area contributed by atoms with E-state index < -0.39 is 0 Å². The maximum atomic E-state index is 3.45. The Morgan fingerprint density at radius 3 is 2.33 bits per heavy atom. The van der Waals surface area contributed by atoms with Crippen molar-refractivity contribution in [2.45, 2.75) is 0 Å². The van der Waals surface area contributed by atoms with Crippen LogP contribution in [0.15, 0.2) is 78.2 Å². The van der Waals surface area contributed by atoms with Gasteiger partial charge in [0.25, 0.3) is 0 Å². The van der Waals surface area contributed by atoms with Crippen LogP contribution in [0.3, 0.4) is 0 Å². The molecule has 0 saturated heterocycles. The van der Waals surface area contributed by atoms with Crippen molar-refractivity contribution in [3.63, 3.8) is 0 Å². The smallest absolute Gasteiger partial charge is 0.0534 e. The topological polar surface area (TPSA) is 0 Å². The molecule has 0 N–H and O–H groups in total. The van der Waals surface area contributed by atoms with E-state index >= 15 is 0 Å². The monoisotopic (exact) mass is 285 g/mol. The Morgan fingerprint density at radius 1 is 0.667 bits per heavy atom. The lowest BCUT2D eigenvalue weighted by Gasteiger charge is -2.08. The molecule has 21 heavy (non-hydrogen) atoms. The minimum Gasteiger partial charge on any atom is -0.142 e. The molecule has 0 fully saturated rings. The maximum absolute atomic E-state index is 3.45. The van der Waals surface area contributed by atoms with Gasteiger partial charge in [-0.2, -0.15) is 0 Å². The number of hydrogen-bond acceptors (Lipinski definition) is 1. The van der Waals surface area contributed by atoms with Crippen LogP contribution >= 0.6 is 11.3 Å². The molecule has 1 heterocycles. The van der Waals surface area contributed by atoms with Crippen molar-refractivity contribution >= 4 is 22.1 Å². The summed E-state index contributed by atoms with van der Waals surface area (Å²) < 4.78 is 0. The third-order valence-electron chi connectivity index (χ3n) is 3.75. The van der Waals surface area contributed by atoms with Crippen LogP contribution in [0.5, 0.6) is 0 Å². The van der Waals surface area contributed by atoms with Crippen LogP contribution in [-0.4, -0.2) is 0 Å². The van der Waals surface area contributed by atoms with Crippen molar-refractivity contribution in [1.29, 1.82) is 0 Å². The van der Waals surface area contributed by atoms with E-state index in [1.54, 1.807) is 11.3 Å². The van der Waals surface area contributed by atoms with Crippen LogP contribution in [0, 0.1) is 5.38 Å². The summed E-state index contributed by atoms with van der Waals surface area (Å²) in [7, 11) is 0. The van der Waals surface area contributed by atoms with Crippen molar-refractivity contribution in [3.05, 3.63) is 83.6 Å². The Bertz CT molecular complexity index is 883. The molecule has 1 aromatic heterocycles. The normalized spacial score (nSPS) is 10.9. The summed E-state index contributed by atoms with van der Waals surface area (Å²) in [4.78, 5) is 0. The molecular weight excluding hydrogens is 272 g/mol. The van der Waals surface area contributed by atoms with Crippen LogP contribution < -0.4 is 0 Å². The van der Waals surface area contributed by atoms with E-state index in [0.29, 0.717) is 0 Å². The molecule has 0 bridgehead atoms. The molecule has 0 aliphatic carbocycles. The molecule has 0 saturated carbocycles. The minimum absolute atomic E-state index is 1.20. The van der Waals surface area contributed by atoms with Crippen molar-refractivity contribution < 1.29 is 0 Å². The third kappa shape index (κ3) is 2.16. The average Bonchev–Trinajstić information content (AvgIpc) is 3.04. The molecule has 0 spiro atoms. The molecule has 4 rings (SSSR count). The Hall–Kier alpha value is -2.38. The van der Waals surface area contributed by atoms with Crippen LogP contribution in [0.4, 0.5) is 0 Å². The van der Waals surface area contributed by atoms with Gasteiger partial charge in [-0.1, -0.05) is 72.8 Å². The Labute approximate surface area is 128 Å². The van der Waals surface area contributed by atoms with Gasteiger partial charge in [-0.05, 0) is 27.3 Å². The van der Waals surface area contributed by atoms with E-state index in [2.05, 4.69) is 83.6 Å². The first-order valence-electron chi connectivity index (χ1n) is 6.96. The summed E-state index contributed by atoms with van der Waals surface area (Å²) in [5.74, 6) is 0. The largest absolute Gasteiger partial charge is 0.142 e. The second-order valence-electron chi connectivity index (χ2n) is 5.02. The Balaban J connectivity index is 1.97. The van der Waals surface area contributed by atoms with E-state index in [1.165, 1.54) is 33.0 Å². The van der Waals surface area contributed by atoms with Gasteiger partial charge < -0.3 is 0 Å². The summed E-state index contributed by atoms with van der Waals surface area (Å²) in [6.07, 6.45) is 0. The highest BCUT2D eigenvalue weighted by Gasteiger charge is 2.11. The number of fused-ring (bicyclic) bond motifs is 1. The van der Waals surface area contributed by atoms with Crippen LogP contribution in [0.1, 0.15) is 0 Å².